The molecule has 3 nitrogen and oxygen atoms in total. The number of rotatable bonds is 4. The van der Waals surface area contributed by atoms with E-state index in [1.165, 1.54) is 28.8 Å². The predicted octanol–water partition coefficient (Wildman–Crippen LogP) is 3.89. The van der Waals surface area contributed by atoms with Gasteiger partial charge in [0.15, 0.2) is 11.6 Å². The quantitative estimate of drug-likeness (QED) is 0.856. The van der Waals surface area contributed by atoms with E-state index in [1.54, 1.807) is 0 Å². The molecule has 6 heteroatoms. The normalized spacial score (nSPS) is 18.2. The summed E-state index contributed by atoms with van der Waals surface area (Å²) in [4.78, 5) is 13.6. The smallest absolute Gasteiger partial charge is 0.234 e. The van der Waals surface area contributed by atoms with Crippen LogP contribution in [0, 0.1) is 11.6 Å². The van der Waals surface area contributed by atoms with Crippen molar-refractivity contribution in [2.45, 2.75) is 25.3 Å². The van der Waals surface area contributed by atoms with E-state index < -0.39 is 11.6 Å². The molecule has 0 N–H and O–H groups in total. The zero-order chi connectivity index (χ0) is 15.7. The Labute approximate surface area is 131 Å². The molecular formula is C16H15F2NO2S. The van der Waals surface area contributed by atoms with Crippen molar-refractivity contribution in [3.63, 3.8) is 0 Å². The van der Waals surface area contributed by atoms with Crippen molar-refractivity contribution in [3.05, 3.63) is 59.1 Å². The summed E-state index contributed by atoms with van der Waals surface area (Å²) in [7, 11) is 0. The molecule has 1 fully saturated rings. The lowest BCUT2D eigenvalue weighted by atomic mass is 10.2. The summed E-state index contributed by atoms with van der Waals surface area (Å²) < 4.78 is 32.8. The fraction of sp³-hybridized carbons (Fsp3) is 0.312. The minimum atomic E-state index is -0.903. The number of thioether (sulfide) groups is 1. The molecule has 116 valence electrons. The van der Waals surface area contributed by atoms with Crippen molar-refractivity contribution in [2.24, 2.45) is 0 Å². The molecule has 1 saturated heterocycles. The molecule has 0 aliphatic carbocycles. The van der Waals surface area contributed by atoms with Gasteiger partial charge in [0.05, 0.1) is 12.3 Å². The molecule has 1 atom stereocenters. The average molecular weight is 323 g/mol. The molecule has 2 aromatic rings. The van der Waals surface area contributed by atoms with E-state index in [9.17, 15) is 13.6 Å². The molecule has 3 rings (SSSR count). The SMILES string of the molecule is CCc1ccc(C2SCC(=O)N2Cc2cccc(F)c2F)o1. The molecular weight excluding hydrogens is 308 g/mol. The van der Waals surface area contributed by atoms with Crippen molar-refractivity contribution < 1.29 is 18.0 Å². The molecule has 1 unspecified atom stereocenters. The maximum Gasteiger partial charge on any atom is 0.234 e. The van der Waals surface area contributed by atoms with Gasteiger partial charge < -0.3 is 9.32 Å². The van der Waals surface area contributed by atoms with Crippen LogP contribution in [0.4, 0.5) is 8.78 Å². The van der Waals surface area contributed by atoms with Crippen LogP contribution in [0.1, 0.15) is 29.4 Å². The number of nitrogens with zero attached hydrogens (tertiary/aromatic N) is 1. The van der Waals surface area contributed by atoms with Crippen LogP contribution >= 0.6 is 11.8 Å². The van der Waals surface area contributed by atoms with Gasteiger partial charge in [-0.15, -0.1) is 11.8 Å². The molecule has 0 radical (unpaired) electrons. The molecule has 2 heterocycles. The molecule has 0 bridgehead atoms. The van der Waals surface area contributed by atoms with Crippen LogP contribution in [0.3, 0.4) is 0 Å². The lowest BCUT2D eigenvalue weighted by Gasteiger charge is -2.22. The first kappa shape index (κ1) is 15.1. The second kappa shape index (κ2) is 6.12. The van der Waals surface area contributed by atoms with E-state index in [2.05, 4.69) is 0 Å². The minimum Gasteiger partial charge on any atom is -0.463 e. The van der Waals surface area contributed by atoms with Crippen LogP contribution in [-0.2, 0) is 17.8 Å². The third-order valence-electron chi connectivity index (χ3n) is 3.61. The molecule has 1 aromatic carbocycles. The van der Waals surface area contributed by atoms with Crippen molar-refractivity contribution in [1.82, 2.24) is 4.90 Å². The Hall–Kier alpha value is -1.82. The van der Waals surface area contributed by atoms with Crippen LogP contribution < -0.4 is 0 Å². The summed E-state index contributed by atoms with van der Waals surface area (Å²) in [6, 6.07) is 7.71. The van der Waals surface area contributed by atoms with Crippen molar-refractivity contribution >= 4 is 17.7 Å². The van der Waals surface area contributed by atoms with E-state index >= 15 is 0 Å². The van der Waals surface area contributed by atoms with Gasteiger partial charge >= 0.3 is 0 Å². The summed E-state index contributed by atoms with van der Waals surface area (Å²) in [6.07, 6.45) is 0.768. The molecule has 22 heavy (non-hydrogen) atoms. The molecule has 0 saturated carbocycles. The first-order valence-corrected chi connectivity index (χ1v) is 8.07. The molecule has 1 aromatic heterocycles. The van der Waals surface area contributed by atoms with E-state index in [0.717, 1.165) is 18.2 Å². The van der Waals surface area contributed by atoms with E-state index in [-0.39, 0.29) is 23.4 Å². The predicted molar refractivity (Wildman–Crippen MR) is 80.2 cm³/mol. The maximum atomic E-state index is 13.8. The van der Waals surface area contributed by atoms with E-state index in [0.29, 0.717) is 11.5 Å². The van der Waals surface area contributed by atoms with Gasteiger partial charge in [-0.05, 0) is 18.2 Å². The van der Waals surface area contributed by atoms with Crippen molar-refractivity contribution in [2.75, 3.05) is 5.75 Å². The second-order valence-electron chi connectivity index (χ2n) is 5.06. The van der Waals surface area contributed by atoms with E-state index in [4.69, 9.17) is 4.42 Å². The van der Waals surface area contributed by atoms with Crippen LogP contribution in [0.5, 0.6) is 0 Å². The fourth-order valence-electron chi connectivity index (χ4n) is 2.43. The molecule has 0 spiro atoms. The van der Waals surface area contributed by atoms with Crippen molar-refractivity contribution in [1.29, 1.82) is 0 Å². The van der Waals surface area contributed by atoms with Gasteiger partial charge in [0.1, 0.15) is 16.9 Å². The molecule has 1 amide bonds. The number of hydrogen-bond acceptors (Lipinski definition) is 3. The summed E-state index contributed by atoms with van der Waals surface area (Å²) in [5.41, 5.74) is 0.170. The Kier molecular flexibility index (Phi) is 4.20. The fourth-order valence-corrected chi connectivity index (χ4v) is 3.56. The highest BCUT2D eigenvalue weighted by molar-refractivity contribution is 8.00. The number of carbonyl (C=O) groups excluding carboxylic acids is 1. The van der Waals surface area contributed by atoms with Crippen molar-refractivity contribution in [3.8, 4) is 0 Å². The zero-order valence-electron chi connectivity index (χ0n) is 12.0. The van der Waals surface area contributed by atoms with E-state index in [1.807, 2.05) is 19.1 Å². The standard InChI is InChI=1S/C16H15F2NO2S/c1-2-11-6-7-13(21-11)16-19(14(20)9-22-16)8-10-4-3-5-12(17)15(10)18/h3-7,16H,2,8-9H2,1H3. The van der Waals surface area contributed by atoms with Gasteiger partial charge in [-0.1, -0.05) is 19.1 Å². The second-order valence-corrected chi connectivity index (χ2v) is 6.12. The third kappa shape index (κ3) is 2.75. The minimum absolute atomic E-state index is 0.0300. The van der Waals surface area contributed by atoms with Gasteiger partial charge in [0.25, 0.3) is 0 Å². The third-order valence-corrected chi connectivity index (χ3v) is 4.83. The lowest BCUT2D eigenvalue weighted by molar-refractivity contribution is -0.128. The highest BCUT2D eigenvalue weighted by Crippen LogP contribution is 2.40. The number of amides is 1. The number of hydrogen-bond donors (Lipinski definition) is 0. The van der Waals surface area contributed by atoms with Crippen LogP contribution in [0.15, 0.2) is 34.7 Å². The number of furan rings is 1. The zero-order valence-corrected chi connectivity index (χ0v) is 12.8. The Morgan fingerprint density at radius 2 is 2.14 bits per heavy atom. The number of halogens is 2. The molecule has 1 aliphatic rings. The Morgan fingerprint density at radius 1 is 1.32 bits per heavy atom. The van der Waals surface area contributed by atoms with Gasteiger partial charge in [-0.2, -0.15) is 0 Å². The number of aryl methyl sites for hydroxylation is 1. The van der Waals surface area contributed by atoms with Gasteiger partial charge in [0, 0.05) is 12.0 Å². The van der Waals surface area contributed by atoms with Crippen LogP contribution in [0.2, 0.25) is 0 Å². The summed E-state index contributed by atoms with van der Waals surface area (Å²) in [5.74, 6) is -0.0901. The average Bonchev–Trinajstić information content (AvgIpc) is 3.11. The summed E-state index contributed by atoms with van der Waals surface area (Å²) in [6.45, 7) is 2.01. The summed E-state index contributed by atoms with van der Waals surface area (Å²) >= 11 is 1.43. The Morgan fingerprint density at radius 3 is 2.86 bits per heavy atom. The number of benzene rings is 1. The Balaban J connectivity index is 1.86. The van der Waals surface area contributed by atoms with Gasteiger partial charge in [-0.3, -0.25) is 4.79 Å². The number of carbonyl (C=O) groups is 1. The lowest BCUT2D eigenvalue weighted by Crippen LogP contribution is -2.28. The van der Waals surface area contributed by atoms with Gasteiger partial charge in [-0.25, -0.2) is 8.78 Å². The first-order chi connectivity index (χ1) is 10.6. The maximum absolute atomic E-state index is 13.8. The van der Waals surface area contributed by atoms with Gasteiger partial charge in [0.2, 0.25) is 5.91 Å². The summed E-state index contributed by atoms with van der Waals surface area (Å²) in [5, 5.41) is -0.296. The van der Waals surface area contributed by atoms with Crippen LogP contribution in [0.25, 0.3) is 0 Å². The highest BCUT2D eigenvalue weighted by Gasteiger charge is 2.35. The highest BCUT2D eigenvalue weighted by atomic mass is 32.2. The van der Waals surface area contributed by atoms with Crippen LogP contribution in [-0.4, -0.2) is 16.6 Å². The Bertz CT molecular complexity index is 701. The first-order valence-electron chi connectivity index (χ1n) is 7.02. The topological polar surface area (TPSA) is 33.5 Å². The monoisotopic (exact) mass is 323 g/mol. The largest absolute Gasteiger partial charge is 0.463 e. The molecule has 1 aliphatic heterocycles.